The summed E-state index contributed by atoms with van der Waals surface area (Å²) in [7, 11) is -3.77. The van der Waals surface area contributed by atoms with E-state index in [9.17, 15) is 13.2 Å². The largest absolute Gasteiger partial charge is 0.328 e. The van der Waals surface area contributed by atoms with Crippen LogP contribution >= 0.6 is 0 Å². The van der Waals surface area contributed by atoms with Crippen LogP contribution in [0.4, 0.5) is 11.4 Å². The first kappa shape index (κ1) is 19.4. The van der Waals surface area contributed by atoms with Crippen molar-refractivity contribution in [2.75, 3.05) is 16.8 Å². The molecule has 1 N–H and O–H groups in total. The highest BCUT2D eigenvalue weighted by Crippen LogP contribution is 2.35. The lowest BCUT2D eigenvalue weighted by Crippen LogP contribution is -2.37. The third kappa shape index (κ3) is 4.39. The van der Waals surface area contributed by atoms with Crippen molar-refractivity contribution in [3.05, 3.63) is 18.2 Å². The molecular weight excluding hydrogens is 338 g/mol. The van der Waals surface area contributed by atoms with Crippen LogP contribution in [0.5, 0.6) is 0 Å². The number of rotatable bonds is 6. The number of hydrogen-bond acceptors (Lipinski definition) is 4. The summed E-state index contributed by atoms with van der Waals surface area (Å²) in [5.74, 6) is 0.560. The quantitative estimate of drug-likeness (QED) is 0.835. The van der Waals surface area contributed by atoms with Crippen LogP contribution in [0, 0.1) is 11.8 Å². The summed E-state index contributed by atoms with van der Waals surface area (Å²) in [6.45, 7) is 10.4. The average molecular weight is 365 g/mol. The Labute approximate surface area is 150 Å². The van der Waals surface area contributed by atoms with Gasteiger partial charge in [0.15, 0.2) is 0 Å². The molecular formula is C18H27N3O3S. The Balaban J connectivity index is 2.48. The van der Waals surface area contributed by atoms with Crippen LogP contribution in [0.25, 0.3) is 0 Å². The van der Waals surface area contributed by atoms with Crippen LogP contribution in [0.3, 0.4) is 0 Å². The smallest absolute Gasteiger partial charge is 0.286 e. The number of amidine groups is 1. The number of nitrogens with zero attached hydrogens (tertiary/aromatic N) is 2. The van der Waals surface area contributed by atoms with E-state index >= 15 is 0 Å². The van der Waals surface area contributed by atoms with Crippen molar-refractivity contribution in [2.24, 2.45) is 16.2 Å². The van der Waals surface area contributed by atoms with Gasteiger partial charge >= 0.3 is 0 Å². The van der Waals surface area contributed by atoms with Gasteiger partial charge in [0.2, 0.25) is 5.91 Å². The number of anilines is 2. The second kappa shape index (κ2) is 7.56. The standard InChI is InChI=1S/C18H27N3O3S/c1-6-9-21-15-8-7-14(19-18(22)13(4)5)11-16(15)25(23,24)20-17(21)10-12(2)3/h7-8,11-13H,6,9-10H2,1-5H3,(H,19,22). The van der Waals surface area contributed by atoms with Crippen LogP contribution in [0.1, 0.15) is 47.5 Å². The lowest BCUT2D eigenvalue weighted by molar-refractivity contribution is -0.118. The van der Waals surface area contributed by atoms with Crippen molar-refractivity contribution < 1.29 is 13.2 Å². The normalized spacial score (nSPS) is 16.0. The maximum Gasteiger partial charge on any atom is 0.286 e. The van der Waals surface area contributed by atoms with Crippen LogP contribution in [0.15, 0.2) is 27.5 Å². The van der Waals surface area contributed by atoms with Crippen molar-refractivity contribution >= 4 is 33.1 Å². The summed E-state index contributed by atoms with van der Waals surface area (Å²) in [6, 6.07) is 5.01. The molecule has 1 aliphatic rings. The summed E-state index contributed by atoms with van der Waals surface area (Å²) >= 11 is 0. The second-order valence-electron chi connectivity index (χ2n) is 7.06. The SMILES string of the molecule is CCCN1C(CC(C)C)=NS(=O)(=O)c2cc(NC(=O)C(C)C)ccc21. The van der Waals surface area contributed by atoms with Gasteiger partial charge < -0.3 is 10.2 Å². The molecule has 25 heavy (non-hydrogen) atoms. The molecule has 0 aromatic heterocycles. The van der Waals surface area contributed by atoms with Crippen molar-refractivity contribution in [1.29, 1.82) is 0 Å². The Morgan fingerprint density at radius 3 is 2.48 bits per heavy atom. The minimum atomic E-state index is -3.77. The maximum absolute atomic E-state index is 12.7. The van der Waals surface area contributed by atoms with Crippen molar-refractivity contribution in [1.82, 2.24) is 0 Å². The highest BCUT2D eigenvalue weighted by molar-refractivity contribution is 7.90. The van der Waals surface area contributed by atoms with Crippen LogP contribution in [0.2, 0.25) is 0 Å². The third-order valence-corrected chi connectivity index (χ3v) is 5.23. The van der Waals surface area contributed by atoms with Gasteiger partial charge in [-0.15, -0.1) is 4.40 Å². The minimum Gasteiger partial charge on any atom is -0.328 e. The molecule has 1 aromatic carbocycles. The summed E-state index contributed by atoms with van der Waals surface area (Å²) in [6.07, 6.45) is 1.48. The van der Waals surface area contributed by atoms with E-state index in [4.69, 9.17) is 0 Å². The fourth-order valence-electron chi connectivity index (χ4n) is 2.67. The zero-order valence-corrected chi connectivity index (χ0v) is 16.4. The Morgan fingerprint density at radius 2 is 1.92 bits per heavy atom. The molecule has 0 atom stereocenters. The topological polar surface area (TPSA) is 78.8 Å². The van der Waals surface area contributed by atoms with E-state index in [0.717, 1.165) is 6.42 Å². The molecule has 0 radical (unpaired) electrons. The van der Waals surface area contributed by atoms with E-state index in [2.05, 4.69) is 9.71 Å². The molecule has 1 aromatic rings. The van der Waals surface area contributed by atoms with E-state index in [1.54, 1.807) is 26.0 Å². The van der Waals surface area contributed by atoms with Crippen LogP contribution < -0.4 is 10.2 Å². The minimum absolute atomic E-state index is 0.148. The Hall–Kier alpha value is -1.89. The van der Waals surface area contributed by atoms with E-state index in [1.807, 2.05) is 25.7 Å². The lowest BCUT2D eigenvalue weighted by atomic mass is 10.1. The molecule has 0 bridgehead atoms. The number of amides is 1. The molecule has 0 saturated heterocycles. The second-order valence-corrected chi connectivity index (χ2v) is 8.63. The van der Waals surface area contributed by atoms with Crippen LogP contribution in [-0.2, 0) is 14.8 Å². The summed E-state index contributed by atoms with van der Waals surface area (Å²) < 4.78 is 29.4. The van der Waals surface area contributed by atoms with Gasteiger partial charge in [-0.05, 0) is 30.5 Å². The molecule has 1 amide bonds. The van der Waals surface area contributed by atoms with Gasteiger partial charge in [0.1, 0.15) is 10.7 Å². The number of carbonyl (C=O) groups is 1. The first-order chi connectivity index (χ1) is 11.7. The molecule has 0 fully saturated rings. The monoisotopic (exact) mass is 365 g/mol. The predicted octanol–water partition coefficient (Wildman–Crippen LogP) is 3.64. The van der Waals surface area contributed by atoms with E-state index in [0.29, 0.717) is 36.1 Å². The molecule has 7 heteroatoms. The molecule has 0 saturated carbocycles. The summed E-state index contributed by atoms with van der Waals surface area (Å²) in [5.41, 5.74) is 1.11. The van der Waals surface area contributed by atoms with Gasteiger partial charge in [-0.3, -0.25) is 4.79 Å². The van der Waals surface area contributed by atoms with Gasteiger partial charge in [-0.25, -0.2) is 0 Å². The first-order valence-corrected chi connectivity index (χ1v) is 10.2. The molecule has 0 spiro atoms. The van der Waals surface area contributed by atoms with Gasteiger partial charge in [-0.2, -0.15) is 8.42 Å². The molecule has 0 unspecified atom stereocenters. The molecule has 138 valence electrons. The lowest BCUT2D eigenvalue weighted by Gasteiger charge is -2.31. The number of nitrogens with one attached hydrogen (secondary N) is 1. The van der Waals surface area contributed by atoms with E-state index < -0.39 is 10.0 Å². The fraction of sp³-hybridized carbons (Fsp3) is 0.556. The van der Waals surface area contributed by atoms with Crippen molar-refractivity contribution in [3.63, 3.8) is 0 Å². The molecule has 2 rings (SSSR count). The Kier molecular flexibility index (Phi) is 5.87. The highest BCUT2D eigenvalue weighted by Gasteiger charge is 2.31. The number of carbonyl (C=O) groups excluding carboxylic acids is 1. The molecule has 1 heterocycles. The van der Waals surface area contributed by atoms with Gasteiger partial charge in [-0.1, -0.05) is 34.6 Å². The van der Waals surface area contributed by atoms with E-state index in [-0.39, 0.29) is 16.7 Å². The van der Waals surface area contributed by atoms with Gasteiger partial charge in [0.05, 0.1) is 5.69 Å². The molecule has 1 aliphatic heterocycles. The van der Waals surface area contributed by atoms with Crippen molar-refractivity contribution in [3.8, 4) is 0 Å². The molecule has 6 nitrogen and oxygen atoms in total. The zero-order chi connectivity index (χ0) is 18.8. The van der Waals surface area contributed by atoms with Crippen LogP contribution in [-0.4, -0.2) is 26.7 Å². The van der Waals surface area contributed by atoms with E-state index in [1.165, 1.54) is 6.07 Å². The fourth-order valence-corrected chi connectivity index (χ4v) is 3.94. The van der Waals surface area contributed by atoms with Gasteiger partial charge in [0.25, 0.3) is 10.0 Å². The maximum atomic E-state index is 12.7. The Morgan fingerprint density at radius 1 is 1.24 bits per heavy atom. The number of hydrogen-bond donors (Lipinski definition) is 1. The highest BCUT2D eigenvalue weighted by atomic mass is 32.2. The zero-order valence-electron chi connectivity index (χ0n) is 15.5. The summed E-state index contributed by atoms with van der Waals surface area (Å²) in [5, 5.41) is 2.75. The average Bonchev–Trinajstić information content (AvgIpc) is 2.50. The van der Waals surface area contributed by atoms with Crippen molar-refractivity contribution in [2.45, 2.75) is 52.4 Å². The number of fused-ring (bicyclic) bond motifs is 1. The number of benzene rings is 1. The predicted molar refractivity (Wildman–Crippen MR) is 102 cm³/mol. The van der Waals surface area contributed by atoms with Gasteiger partial charge in [0, 0.05) is 24.6 Å². The number of sulfonamides is 1. The Bertz CT molecular complexity index is 783. The summed E-state index contributed by atoms with van der Waals surface area (Å²) in [4.78, 5) is 14.0. The third-order valence-electron chi connectivity index (χ3n) is 3.90. The first-order valence-electron chi connectivity index (χ1n) is 8.72. The molecule has 0 aliphatic carbocycles.